The first-order chi connectivity index (χ1) is 9.22. The van der Waals surface area contributed by atoms with Gasteiger partial charge in [0.2, 0.25) is 0 Å². The van der Waals surface area contributed by atoms with E-state index in [-0.39, 0.29) is 0 Å². The number of hydrogen-bond donors (Lipinski definition) is 1. The summed E-state index contributed by atoms with van der Waals surface area (Å²) >= 11 is 0. The Morgan fingerprint density at radius 1 is 1.37 bits per heavy atom. The van der Waals surface area contributed by atoms with Crippen LogP contribution in [0.3, 0.4) is 0 Å². The van der Waals surface area contributed by atoms with Gasteiger partial charge < -0.3 is 10.1 Å². The molecule has 2 rings (SSSR count). The van der Waals surface area contributed by atoms with E-state index >= 15 is 0 Å². The molecular formula is C16H26N2O. The molecule has 1 aromatic carbocycles. The highest BCUT2D eigenvalue weighted by Crippen LogP contribution is 2.27. The Balaban J connectivity index is 2.17. The zero-order valence-corrected chi connectivity index (χ0v) is 12.4. The predicted molar refractivity (Wildman–Crippen MR) is 79.2 cm³/mol. The normalized spacial score (nSPS) is 18.9. The van der Waals surface area contributed by atoms with Crippen LogP contribution in [-0.2, 0) is 11.3 Å². The zero-order chi connectivity index (χ0) is 13.7. The van der Waals surface area contributed by atoms with Gasteiger partial charge in [-0.1, -0.05) is 38.1 Å². The Bertz CT molecular complexity index is 392. The van der Waals surface area contributed by atoms with Crippen molar-refractivity contribution in [2.45, 2.75) is 26.4 Å². The van der Waals surface area contributed by atoms with Crippen LogP contribution in [0.1, 0.15) is 31.0 Å². The number of nitrogens with zero attached hydrogens (tertiary/aromatic N) is 1. The van der Waals surface area contributed by atoms with Crippen LogP contribution in [-0.4, -0.2) is 38.3 Å². The second kappa shape index (κ2) is 7.04. The van der Waals surface area contributed by atoms with Crippen molar-refractivity contribution in [1.29, 1.82) is 0 Å². The number of ether oxygens (including phenoxy) is 1. The van der Waals surface area contributed by atoms with Crippen molar-refractivity contribution in [1.82, 2.24) is 10.2 Å². The molecule has 0 bridgehead atoms. The zero-order valence-electron chi connectivity index (χ0n) is 12.4. The quantitative estimate of drug-likeness (QED) is 0.852. The van der Waals surface area contributed by atoms with E-state index in [9.17, 15) is 0 Å². The van der Waals surface area contributed by atoms with Crippen LogP contribution in [0.15, 0.2) is 24.3 Å². The molecule has 0 aromatic heterocycles. The number of nitrogens with one attached hydrogen (secondary N) is 1. The average Bonchev–Trinajstić information content (AvgIpc) is 2.42. The topological polar surface area (TPSA) is 24.5 Å². The Labute approximate surface area is 116 Å². The fourth-order valence-corrected chi connectivity index (χ4v) is 2.85. The second-order valence-electron chi connectivity index (χ2n) is 5.73. The predicted octanol–water partition coefficient (Wildman–Crippen LogP) is 2.44. The van der Waals surface area contributed by atoms with Gasteiger partial charge in [-0.15, -0.1) is 0 Å². The Morgan fingerprint density at radius 3 is 2.89 bits per heavy atom. The third-order valence-electron chi connectivity index (χ3n) is 3.69. The molecule has 1 N–H and O–H groups in total. The maximum Gasteiger partial charge on any atom is 0.0589 e. The fraction of sp³-hybridized carbons (Fsp3) is 0.625. The van der Waals surface area contributed by atoms with E-state index in [1.165, 1.54) is 11.1 Å². The Kier molecular flexibility index (Phi) is 5.37. The van der Waals surface area contributed by atoms with Gasteiger partial charge in [-0.25, -0.2) is 0 Å². The minimum Gasteiger partial charge on any atom is -0.383 e. The average molecular weight is 262 g/mol. The lowest BCUT2D eigenvalue weighted by Crippen LogP contribution is -2.42. The molecule has 0 radical (unpaired) electrons. The van der Waals surface area contributed by atoms with E-state index in [4.69, 9.17) is 4.74 Å². The number of rotatable bonds is 6. The second-order valence-corrected chi connectivity index (χ2v) is 5.73. The lowest BCUT2D eigenvalue weighted by Gasteiger charge is -2.37. The molecular weight excluding hydrogens is 236 g/mol. The van der Waals surface area contributed by atoms with Gasteiger partial charge in [0.05, 0.1) is 6.61 Å². The van der Waals surface area contributed by atoms with Crippen LogP contribution in [0.4, 0.5) is 0 Å². The molecule has 0 amide bonds. The molecule has 3 heteroatoms. The first-order valence-electron chi connectivity index (χ1n) is 7.24. The van der Waals surface area contributed by atoms with Gasteiger partial charge in [0.25, 0.3) is 0 Å². The first-order valence-corrected chi connectivity index (χ1v) is 7.24. The number of benzene rings is 1. The third-order valence-corrected chi connectivity index (χ3v) is 3.69. The maximum atomic E-state index is 5.27. The maximum absolute atomic E-state index is 5.27. The summed E-state index contributed by atoms with van der Waals surface area (Å²) in [4.78, 5) is 2.55. The van der Waals surface area contributed by atoms with Crippen molar-refractivity contribution in [3.8, 4) is 0 Å². The van der Waals surface area contributed by atoms with Crippen molar-refractivity contribution < 1.29 is 4.74 Å². The molecule has 106 valence electrons. The van der Waals surface area contributed by atoms with E-state index in [1.54, 1.807) is 7.11 Å². The highest BCUT2D eigenvalue weighted by atomic mass is 16.5. The molecule has 19 heavy (non-hydrogen) atoms. The van der Waals surface area contributed by atoms with E-state index in [1.807, 2.05) is 0 Å². The van der Waals surface area contributed by atoms with Gasteiger partial charge in [0.15, 0.2) is 0 Å². The van der Waals surface area contributed by atoms with Crippen molar-refractivity contribution in [2.75, 3.05) is 33.4 Å². The highest BCUT2D eigenvalue weighted by molar-refractivity contribution is 5.32. The molecule has 1 aliphatic rings. The summed E-state index contributed by atoms with van der Waals surface area (Å²) in [6, 6.07) is 9.27. The van der Waals surface area contributed by atoms with Gasteiger partial charge in [0, 0.05) is 39.3 Å². The van der Waals surface area contributed by atoms with E-state index < -0.39 is 0 Å². The minimum absolute atomic E-state index is 0.475. The lowest BCUT2D eigenvalue weighted by molar-refractivity contribution is 0.105. The minimum atomic E-state index is 0.475. The summed E-state index contributed by atoms with van der Waals surface area (Å²) in [5.74, 6) is 0.672. The van der Waals surface area contributed by atoms with Gasteiger partial charge in [0.1, 0.15) is 0 Å². The summed E-state index contributed by atoms with van der Waals surface area (Å²) < 4.78 is 5.27. The van der Waals surface area contributed by atoms with Crippen LogP contribution in [0.25, 0.3) is 0 Å². The summed E-state index contributed by atoms with van der Waals surface area (Å²) in [6.07, 6.45) is 0. The molecule has 0 spiro atoms. The molecule has 0 aliphatic carbocycles. The van der Waals surface area contributed by atoms with Gasteiger partial charge in [-0.05, 0) is 17.0 Å². The standard InChI is InChI=1S/C16H26N2O/c1-13(2)12-18(8-9-19-3)16-11-17-10-14-6-4-5-7-15(14)16/h4-7,13,16-17H,8-12H2,1-3H3. The number of fused-ring (bicyclic) bond motifs is 1. The summed E-state index contributed by atoms with van der Waals surface area (Å²) in [5.41, 5.74) is 2.92. The van der Waals surface area contributed by atoms with Crippen molar-refractivity contribution in [3.05, 3.63) is 35.4 Å². The smallest absolute Gasteiger partial charge is 0.0589 e. The largest absolute Gasteiger partial charge is 0.383 e. The molecule has 0 saturated carbocycles. The Hall–Kier alpha value is -0.900. The SMILES string of the molecule is COCCN(CC(C)C)C1CNCc2ccccc21. The monoisotopic (exact) mass is 262 g/mol. The summed E-state index contributed by atoms with van der Waals surface area (Å²) in [6.45, 7) is 9.49. The van der Waals surface area contributed by atoms with Crippen molar-refractivity contribution in [2.24, 2.45) is 5.92 Å². The van der Waals surface area contributed by atoms with Crippen LogP contribution in [0.2, 0.25) is 0 Å². The van der Waals surface area contributed by atoms with Gasteiger partial charge in [-0.3, -0.25) is 4.90 Å². The number of hydrogen-bond acceptors (Lipinski definition) is 3. The molecule has 1 atom stereocenters. The van der Waals surface area contributed by atoms with Crippen LogP contribution in [0.5, 0.6) is 0 Å². The van der Waals surface area contributed by atoms with Crippen molar-refractivity contribution >= 4 is 0 Å². The number of methoxy groups -OCH3 is 1. The van der Waals surface area contributed by atoms with Gasteiger partial charge >= 0.3 is 0 Å². The highest BCUT2D eigenvalue weighted by Gasteiger charge is 2.25. The molecule has 1 aliphatic heterocycles. The van der Waals surface area contributed by atoms with Crippen LogP contribution >= 0.6 is 0 Å². The molecule has 1 unspecified atom stereocenters. The molecule has 1 heterocycles. The van der Waals surface area contributed by atoms with Crippen molar-refractivity contribution in [3.63, 3.8) is 0 Å². The lowest BCUT2D eigenvalue weighted by atomic mass is 9.95. The first kappa shape index (κ1) is 14.5. The Morgan fingerprint density at radius 2 is 2.16 bits per heavy atom. The van der Waals surface area contributed by atoms with E-state index in [0.29, 0.717) is 12.0 Å². The van der Waals surface area contributed by atoms with Crippen LogP contribution in [0, 0.1) is 5.92 Å². The molecule has 1 aromatic rings. The fourth-order valence-electron chi connectivity index (χ4n) is 2.85. The molecule has 0 fully saturated rings. The van der Waals surface area contributed by atoms with E-state index in [0.717, 1.165) is 32.8 Å². The van der Waals surface area contributed by atoms with Crippen LogP contribution < -0.4 is 5.32 Å². The van der Waals surface area contributed by atoms with E-state index in [2.05, 4.69) is 48.3 Å². The van der Waals surface area contributed by atoms with Gasteiger partial charge in [-0.2, -0.15) is 0 Å². The third kappa shape index (κ3) is 3.78. The molecule has 3 nitrogen and oxygen atoms in total. The summed E-state index contributed by atoms with van der Waals surface area (Å²) in [7, 11) is 1.78. The molecule has 0 saturated heterocycles. The summed E-state index contributed by atoms with van der Waals surface area (Å²) in [5, 5.41) is 3.54.